The number of carboxylic acids is 1. The molecule has 2 aliphatic heterocycles. The molecule has 3 aromatic heterocycles. The third-order valence-electron chi connectivity index (χ3n) is 8.56. The number of nitrogens with zero attached hydrogens (tertiary/aromatic N) is 6. The number of carboxylic acid groups (broad SMARTS) is 1. The van der Waals surface area contributed by atoms with Crippen molar-refractivity contribution in [1.29, 1.82) is 0 Å². The highest BCUT2D eigenvalue weighted by Gasteiger charge is 2.27. The fraction of sp³-hybridized carbons (Fsp3) is 0.452. The lowest BCUT2D eigenvalue weighted by Crippen LogP contribution is -2.43. The number of aromatic nitrogens is 5. The molecular formula is C31H38N8O3. The predicted molar refractivity (Wildman–Crippen MR) is 160 cm³/mol. The Kier molecular flexibility index (Phi) is 7.92. The standard InChI is InChI=1S/C31H38N8O3/c1-37-19-22(17-33-37)27-24-6-3-7-25(28(24)38(2)36-27)30(40)35-26(31(41)42)13-16-39-15-12-20(18-39)8-10-23-11-9-21-5-4-14-32-29(21)34-23/h3,6-7,9,11,17,19-20,26H,4-5,8,10,12-16,18H2,1-2H3,(H,32,34)(H,35,40)(H,41,42). The molecule has 11 nitrogen and oxygen atoms in total. The van der Waals surface area contributed by atoms with Gasteiger partial charge in [-0.05, 0) is 68.7 Å². The van der Waals surface area contributed by atoms with Crippen LogP contribution in [0.5, 0.6) is 0 Å². The molecule has 1 amide bonds. The monoisotopic (exact) mass is 570 g/mol. The van der Waals surface area contributed by atoms with Gasteiger partial charge in [0, 0.05) is 56.6 Å². The number of nitrogens with one attached hydrogen (secondary N) is 2. The van der Waals surface area contributed by atoms with Crippen LogP contribution < -0.4 is 10.6 Å². The number of benzene rings is 1. The van der Waals surface area contributed by atoms with Gasteiger partial charge in [0.1, 0.15) is 17.6 Å². The zero-order valence-electron chi connectivity index (χ0n) is 24.2. The Morgan fingerprint density at radius 3 is 2.90 bits per heavy atom. The molecule has 0 aliphatic carbocycles. The van der Waals surface area contributed by atoms with Crippen molar-refractivity contribution in [3.63, 3.8) is 0 Å². The van der Waals surface area contributed by atoms with E-state index in [4.69, 9.17) is 4.98 Å². The maximum absolute atomic E-state index is 13.4. The van der Waals surface area contributed by atoms with Crippen LogP contribution in [0, 0.1) is 5.92 Å². The third-order valence-corrected chi connectivity index (χ3v) is 8.56. The van der Waals surface area contributed by atoms with Crippen molar-refractivity contribution >= 4 is 28.6 Å². The number of rotatable bonds is 10. The summed E-state index contributed by atoms with van der Waals surface area (Å²) in [5, 5.41) is 25.8. The molecule has 5 heterocycles. The minimum Gasteiger partial charge on any atom is -0.480 e. The second-order valence-electron chi connectivity index (χ2n) is 11.6. The SMILES string of the molecule is Cn1cc(-c2nn(C)c3c(C(=O)NC(CCN4CCC(CCc5ccc6c(n5)NCCC6)C4)C(=O)O)cccc23)cn1. The number of anilines is 1. The maximum atomic E-state index is 13.4. The summed E-state index contributed by atoms with van der Waals surface area (Å²) in [6.07, 6.45) is 9.31. The average Bonchev–Trinajstić information content (AvgIpc) is 3.72. The van der Waals surface area contributed by atoms with E-state index < -0.39 is 17.9 Å². The average molecular weight is 571 g/mol. The molecule has 0 bridgehead atoms. The molecule has 2 unspecified atom stereocenters. The molecule has 1 aromatic carbocycles. The van der Waals surface area contributed by atoms with Gasteiger partial charge < -0.3 is 20.6 Å². The van der Waals surface area contributed by atoms with Crippen molar-refractivity contribution in [3.05, 3.63) is 59.5 Å². The quantitative estimate of drug-likeness (QED) is 0.265. The van der Waals surface area contributed by atoms with Crippen molar-refractivity contribution in [2.24, 2.45) is 20.0 Å². The Morgan fingerprint density at radius 2 is 2.10 bits per heavy atom. The number of aliphatic carboxylic acids is 1. The smallest absolute Gasteiger partial charge is 0.326 e. The summed E-state index contributed by atoms with van der Waals surface area (Å²) in [6.45, 7) is 3.49. The summed E-state index contributed by atoms with van der Waals surface area (Å²) >= 11 is 0. The summed E-state index contributed by atoms with van der Waals surface area (Å²) < 4.78 is 3.37. The number of para-hydroxylation sites is 1. The molecule has 0 radical (unpaired) electrons. The topological polar surface area (TPSA) is 130 Å². The zero-order valence-corrected chi connectivity index (χ0v) is 24.2. The number of hydrogen-bond acceptors (Lipinski definition) is 7. The molecular weight excluding hydrogens is 532 g/mol. The molecule has 1 fully saturated rings. The Labute approximate surface area is 244 Å². The van der Waals surface area contributed by atoms with E-state index in [0.717, 1.165) is 79.9 Å². The first-order valence-corrected chi connectivity index (χ1v) is 14.8. The van der Waals surface area contributed by atoms with Gasteiger partial charge in [0.2, 0.25) is 0 Å². The Morgan fingerprint density at radius 1 is 1.21 bits per heavy atom. The van der Waals surface area contributed by atoms with E-state index in [9.17, 15) is 14.7 Å². The number of pyridine rings is 1. The van der Waals surface area contributed by atoms with E-state index in [2.05, 4.69) is 37.9 Å². The molecule has 2 atom stereocenters. The highest BCUT2D eigenvalue weighted by atomic mass is 16.4. The van der Waals surface area contributed by atoms with E-state index >= 15 is 0 Å². The number of likely N-dealkylation sites (tertiary alicyclic amines) is 1. The van der Waals surface area contributed by atoms with E-state index in [1.165, 1.54) is 5.56 Å². The van der Waals surface area contributed by atoms with Crippen molar-refractivity contribution in [1.82, 2.24) is 34.8 Å². The van der Waals surface area contributed by atoms with Crippen LogP contribution in [-0.2, 0) is 31.7 Å². The Balaban J connectivity index is 1.05. The summed E-state index contributed by atoms with van der Waals surface area (Å²) in [6, 6.07) is 8.81. The molecule has 42 heavy (non-hydrogen) atoms. The Bertz CT molecular complexity index is 1610. The highest BCUT2D eigenvalue weighted by Crippen LogP contribution is 2.29. The lowest BCUT2D eigenvalue weighted by molar-refractivity contribution is -0.139. The van der Waals surface area contributed by atoms with Crippen LogP contribution in [0.1, 0.15) is 47.3 Å². The molecule has 1 saturated heterocycles. The number of fused-ring (bicyclic) bond motifs is 2. The van der Waals surface area contributed by atoms with Crippen molar-refractivity contribution < 1.29 is 14.7 Å². The number of hydrogen-bond donors (Lipinski definition) is 3. The summed E-state index contributed by atoms with van der Waals surface area (Å²) in [5.74, 6) is 0.159. The molecule has 4 aromatic rings. The van der Waals surface area contributed by atoms with Crippen molar-refractivity contribution in [3.8, 4) is 11.3 Å². The second kappa shape index (κ2) is 11.9. The molecule has 220 valence electrons. The highest BCUT2D eigenvalue weighted by molar-refractivity contribution is 6.09. The first kappa shape index (κ1) is 27.9. The van der Waals surface area contributed by atoms with Gasteiger partial charge in [-0.1, -0.05) is 18.2 Å². The van der Waals surface area contributed by atoms with E-state index in [-0.39, 0.29) is 0 Å². The molecule has 0 spiro atoms. The molecule has 2 aliphatic rings. The van der Waals surface area contributed by atoms with Crippen LogP contribution >= 0.6 is 0 Å². The molecule has 6 rings (SSSR count). The number of amides is 1. The lowest BCUT2D eigenvalue weighted by atomic mass is 10.00. The van der Waals surface area contributed by atoms with E-state index in [0.29, 0.717) is 30.0 Å². The summed E-state index contributed by atoms with van der Waals surface area (Å²) in [5.41, 5.74) is 5.08. The van der Waals surface area contributed by atoms with Gasteiger partial charge in [-0.15, -0.1) is 0 Å². The van der Waals surface area contributed by atoms with Crippen LogP contribution in [0.25, 0.3) is 22.2 Å². The van der Waals surface area contributed by atoms with Gasteiger partial charge in [0.05, 0.1) is 17.3 Å². The van der Waals surface area contributed by atoms with Gasteiger partial charge in [-0.3, -0.25) is 14.2 Å². The number of carbonyl (C=O) groups is 2. The fourth-order valence-corrected chi connectivity index (χ4v) is 6.29. The van der Waals surface area contributed by atoms with Gasteiger partial charge in [0.15, 0.2) is 0 Å². The van der Waals surface area contributed by atoms with Crippen LogP contribution in [0.4, 0.5) is 5.82 Å². The lowest BCUT2D eigenvalue weighted by Gasteiger charge is -2.20. The van der Waals surface area contributed by atoms with Crippen molar-refractivity contribution in [2.45, 2.75) is 44.6 Å². The molecule has 0 saturated carbocycles. The fourth-order valence-electron chi connectivity index (χ4n) is 6.29. The third kappa shape index (κ3) is 5.87. The summed E-state index contributed by atoms with van der Waals surface area (Å²) in [7, 11) is 3.63. The van der Waals surface area contributed by atoms with E-state index in [1.54, 1.807) is 34.7 Å². The van der Waals surface area contributed by atoms with Crippen LogP contribution in [0.3, 0.4) is 0 Å². The number of aryl methyl sites for hydroxylation is 4. The van der Waals surface area contributed by atoms with Gasteiger partial charge in [-0.2, -0.15) is 10.2 Å². The molecule has 11 heteroatoms. The van der Waals surface area contributed by atoms with Gasteiger partial charge in [0.25, 0.3) is 5.91 Å². The normalized spacial score (nSPS) is 17.6. The van der Waals surface area contributed by atoms with Gasteiger partial charge in [-0.25, -0.2) is 9.78 Å². The van der Waals surface area contributed by atoms with Crippen molar-refractivity contribution in [2.75, 3.05) is 31.5 Å². The number of carbonyl (C=O) groups excluding carboxylic acids is 1. The molecule has 3 N–H and O–H groups in total. The zero-order chi connectivity index (χ0) is 29.2. The largest absolute Gasteiger partial charge is 0.480 e. The first-order chi connectivity index (χ1) is 20.4. The second-order valence-corrected chi connectivity index (χ2v) is 11.6. The summed E-state index contributed by atoms with van der Waals surface area (Å²) in [4.78, 5) is 32.7. The maximum Gasteiger partial charge on any atom is 0.326 e. The minimum absolute atomic E-state index is 0.341. The van der Waals surface area contributed by atoms with E-state index in [1.807, 2.05) is 19.3 Å². The Hall–Kier alpha value is -4.25. The first-order valence-electron chi connectivity index (χ1n) is 14.8. The minimum atomic E-state index is -1.03. The predicted octanol–water partition coefficient (Wildman–Crippen LogP) is 3.25. The van der Waals surface area contributed by atoms with Crippen LogP contribution in [0.2, 0.25) is 0 Å². The van der Waals surface area contributed by atoms with Crippen LogP contribution in [0.15, 0.2) is 42.7 Å². The van der Waals surface area contributed by atoms with Gasteiger partial charge >= 0.3 is 5.97 Å². The van der Waals surface area contributed by atoms with Crippen LogP contribution in [-0.4, -0.2) is 78.6 Å².